The highest BCUT2D eigenvalue weighted by Gasteiger charge is 2.60. The number of rotatable bonds is 4. The third-order valence-electron chi connectivity index (χ3n) is 6.76. The highest BCUT2D eigenvalue weighted by molar-refractivity contribution is 5.68. The van der Waals surface area contributed by atoms with Gasteiger partial charge in [-0.15, -0.1) is 0 Å². The fourth-order valence-electron chi connectivity index (χ4n) is 5.06. The molecule has 1 amide bonds. The molecule has 0 radical (unpaired) electrons. The quantitative estimate of drug-likeness (QED) is 0.569. The van der Waals surface area contributed by atoms with Crippen molar-refractivity contribution in [2.75, 3.05) is 50.8 Å². The van der Waals surface area contributed by atoms with Gasteiger partial charge in [-0.25, -0.2) is 9.18 Å². The van der Waals surface area contributed by atoms with Crippen LogP contribution in [0, 0.1) is 17.7 Å². The van der Waals surface area contributed by atoms with E-state index in [0.717, 1.165) is 10.6 Å². The van der Waals surface area contributed by atoms with Crippen molar-refractivity contribution in [3.05, 3.63) is 29.6 Å². The molecule has 13 heteroatoms. The maximum Gasteiger partial charge on any atom is 0.434 e. The Labute approximate surface area is 197 Å². The third kappa shape index (κ3) is 5.76. The molecule has 35 heavy (non-hydrogen) atoms. The minimum atomic E-state index is -5.75. The van der Waals surface area contributed by atoms with Crippen LogP contribution < -0.4 is 4.90 Å². The number of benzene rings is 1. The van der Waals surface area contributed by atoms with Gasteiger partial charge >= 0.3 is 18.4 Å². The van der Waals surface area contributed by atoms with Crippen molar-refractivity contribution >= 4 is 11.8 Å². The van der Waals surface area contributed by atoms with Crippen LogP contribution in [0.5, 0.6) is 0 Å². The Hall–Kier alpha value is -2.28. The van der Waals surface area contributed by atoms with E-state index in [1.54, 1.807) is 6.07 Å². The predicted octanol–water partition coefficient (Wildman–Crippen LogP) is 4.04. The number of ether oxygens (including phenoxy) is 2. The maximum absolute atomic E-state index is 14.8. The van der Waals surface area contributed by atoms with E-state index >= 15 is 0 Å². The summed E-state index contributed by atoms with van der Waals surface area (Å²) in [4.78, 5) is 16.9. The predicted molar refractivity (Wildman–Crippen MR) is 110 cm³/mol. The Kier molecular flexibility index (Phi) is 7.11. The van der Waals surface area contributed by atoms with Gasteiger partial charge in [-0.2, -0.15) is 26.3 Å². The van der Waals surface area contributed by atoms with Crippen molar-refractivity contribution in [2.45, 2.75) is 38.0 Å². The number of likely N-dealkylation sites (tertiary alicyclic amines) is 2. The van der Waals surface area contributed by atoms with E-state index < -0.39 is 24.5 Å². The van der Waals surface area contributed by atoms with Crippen LogP contribution in [0.15, 0.2) is 18.2 Å². The van der Waals surface area contributed by atoms with Crippen molar-refractivity contribution in [3.63, 3.8) is 0 Å². The van der Waals surface area contributed by atoms with Crippen molar-refractivity contribution in [1.82, 2.24) is 9.80 Å². The first kappa shape index (κ1) is 25.8. The number of hydrogen-bond acceptors (Lipinski definition) is 5. The summed E-state index contributed by atoms with van der Waals surface area (Å²) in [6.07, 6.45) is -17.3. The Bertz CT molecular complexity index is 899. The van der Waals surface area contributed by atoms with Crippen molar-refractivity contribution in [3.8, 4) is 0 Å². The average molecular weight is 513 g/mol. The zero-order valence-corrected chi connectivity index (χ0v) is 18.9. The molecule has 1 aromatic carbocycles. The monoisotopic (exact) mass is 513 g/mol. The standard InChI is InChI=1S/C22H26F7N3O3/c1-13-12-34-5-4-32(13)17-3-2-14(18(23)6-17)7-30-8-15-10-31(11-16(15)9-30)20(33)35-19(21(24,25)26)22(27,28)29/h2-3,6,13,15-16,19H,4-5,7-12H2,1H3. The molecule has 3 aliphatic rings. The molecule has 4 rings (SSSR count). The first-order valence-electron chi connectivity index (χ1n) is 11.3. The summed E-state index contributed by atoms with van der Waals surface area (Å²) in [6.45, 7) is 4.97. The number of fused-ring (bicyclic) bond motifs is 1. The summed E-state index contributed by atoms with van der Waals surface area (Å²) in [5.41, 5.74) is 1.26. The van der Waals surface area contributed by atoms with Gasteiger partial charge in [0, 0.05) is 56.6 Å². The molecule has 3 aliphatic heterocycles. The molecule has 3 atom stereocenters. The summed E-state index contributed by atoms with van der Waals surface area (Å²) in [7, 11) is 0. The average Bonchev–Trinajstić information content (AvgIpc) is 3.31. The lowest BCUT2D eigenvalue weighted by atomic mass is 10.0. The number of halogens is 7. The number of morpholine rings is 1. The summed E-state index contributed by atoms with van der Waals surface area (Å²) in [6, 6.07) is 5.19. The molecule has 3 saturated heterocycles. The van der Waals surface area contributed by atoms with Gasteiger partial charge in [-0.1, -0.05) is 6.07 Å². The van der Waals surface area contributed by atoms with E-state index in [1.807, 2.05) is 17.9 Å². The molecule has 0 saturated carbocycles. The van der Waals surface area contributed by atoms with Gasteiger partial charge in [-0.3, -0.25) is 4.90 Å². The van der Waals surface area contributed by atoms with Crippen LogP contribution in [0.3, 0.4) is 0 Å². The molecule has 3 unspecified atom stereocenters. The van der Waals surface area contributed by atoms with Crippen LogP contribution in [0.1, 0.15) is 12.5 Å². The molecule has 0 aromatic heterocycles. The number of amides is 1. The van der Waals surface area contributed by atoms with E-state index in [1.165, 1.54) is 6.07 Å². The Morgan fingerprint density at radius 1 is 1.09 bits per heavy atom. The first-order chi connectivity index (χ1) is 16.3. The largest absolute Gasteiger partial charge is 0.434 e. The van der Waals surface area contributed by atoms with Crippen LogP contribution in [0.4, 0.5) is 41.2 Å². The Morgan fingerprint density at radius 3 is 2.26 bits per heavy atom. The van der Waals surface area contributed by atoms with Crippen LogP contribution in [-0.4, -0.2) is 86.3 Å². The molecule has 0 aliphatic carbocycles. The zero-order chi connectivity index (χ0) is 25.5. The maximum atomic E-state index is 14.8. The molecule has 6 nitrogen and oxygen atoms in total. The van der Waals surface area contributed by atoms with Gasteiger partial charge in [0.05, 0.1) is 13.2 Å². The smallest absolute Gasteiger partial charge is 0.426 e. The topological polar surface area (TPSA) is 45.2 Å². The van der Waals surface area contributed by atoms with E-state index in [9.17, 15) is 35.5 Å². The summed E-state index contributed by atoms with van der Waals surface area (Å²) in [5, 5.41) is 0. The summed E-state index contributed by atoms with van der Waals surface area (Å²) < 4.78 is 100. The van der Waals surface area contributed by atoms with Crippen molar-refractivity contribution < 1.29 is 45.0 Å². The minimum Gasteiger partial charge on any atom is -0.426 e. The number of hydrogen-bond donors (Lipinski definition) is 0. The molecule has 0 N–H and O–H groups in total. The van der Waals surface area contributed by atoms with Crippen LogP contribution in [0.25, 0.3) is 0 Å². The van der Waals surface area contributed by atoms with E-state index in [4.69, 9.17) is 4.74 Å². The second-order valence-electron chi connectivity index (χ2n) is 9.36. The van der Waals surface area contributed by atoms with Gasteiger partial charge in [0.1, 0.15) is 5.82 Å². The van der Waals surface area contributed by atoms with Crippen molar-refractivity contribution in [1.29, 1.82) is 0 Å². The molecular weight excluding hydrogens is 487 g/mol. The lowest BCUT2D eigenvalue weighted by Gasteiger charge is -2.35. The van der Waals surface area contributed by atoms with Gasteiger partial charge in [0.15, 0.2) is 0 Å². The summed E-state index contributed by atoms with van der Waals surface area (Å²) in [5.74, 6) is -0.641. The fraction of sp³-hybridized carbons (Fsp3) is 0.682. The molecule has 0 bridgehead atoms. The third-order valence-corrected chi connectivity index (χ3v) is 6.76. The second-order valence-corrected chi connectivity index (χ2v) is 9.36. The molecular formula is C22H26F7N3O3. The van der Waals surface area contributed by atoms with E-state index in [-0.39, 0.29) is 36.8 Å². The van der Waals surface area contributed by atoms with Crippen LogP contribution >= 0.6 is 0 Å². The molecule has 3 heterocycles. The number of carbonyl (C=O) groups excluding carboxylic acids is 1. The number of alkyl halides is 6. The zero-order valence-electron chi connectivity index (χ0n) is 18.9. The first-order valence-corrected chi connectivity index (χ1v) is 11.3. The molecule has 196 valence electrons. The molecule has 0 spiro atoms. The molecule has 1 aromatic rings. The minimum absolute atomic E-state index is 0.0151. The highest BCUT2D eigenvalue weighted by atomic mass is 19.4. The van der Waals surface area contributed by atoms with E-state index in [0.29, 0.717) is 45.0 Å². The lowest BCUT2D eigenvalue weighted by molar-refractivity contribution is -0.308. The number of carbonyl (C=O) groups is 1. The second kappa shape index (κ2) is 9.64. The fourth-order valence-corrected chi connectivity index (χ4v) is 5.06. The molecule has 3 fully saturated rings. The van der Waals surface area contributed by atoms with Gasteiger partial charge in [0.2, 0.25) is 0 Å². The SMILES string of the molecule is CC1COCCN1c1ccc(CN2CC3CN(C(=O)OC(C(F)(F)F)C(F)(F)F)CC3C2)c(F)c1. The Balaban J connectivity index is 1.31. The van der Waals surface area contributed by atoms with Gasteiger partial charge in [0.25, 0.3) is 6.10 Å². The van der Waals surface area contributed by atoms with Crippen molar-refractivity contribution in [2.24, 2.45) is 11.8 Å². The van der Waals surface area contributed by atoms with E-state index in [2.05, 4.69) is 9.64 Å². The highest BCUT2D eigenvalue weighted by Crippen LogP contribution is 2.38. The van der Waals surface area contributed by atoms with Crippen LogP contribution in [-0.2, 0) is 16.0 Å². The number of anilines is 1. The van der Waals surface area contributed by atoms with Gasteiger partial charge in [-0.05, 0) is 30.9 Å². The number of nitrogens with zero attached hydrogens (tertiary/aromatic N) is 3. The van der Waals surface area contributed by atoms with Crippen LogP contribution in [0.2, 0.25) is 0 Å². The Morgan fingerprint density at radius 2 is 1.71 bits per heavy atom. The summed E-state index contributed by atoms with van der Waals surface area (Å²) >= 11 is 0. The lowest BCUT2D eigenvalue weighted by Crippen LogP contribution is -2.48. The normalized spacial score (nSPS) is 25.9. The van der Waals surface area contributed by atoms with Gasteiger partial charge < -0.3 is 19.3 Å².